The Morgan fingerprint density at radius 1 is 1.45 bits per heavy atom. The largest absolute Gasteiger partial charge is 0.497 e. The SMILES string of the molecule is COc1cccc(NC(=O)CN2CCC3NCCC3C2)c1.Cl. The number of ether oxygens (including phenoxy) is 1. The van der Waals surface area contributed by atoms with Crippen molar-refractivity contribution in [3.8, 4) is 5.75 Å². The summed E-state index contributed by atoms with van der Waals surface area (Å²) in [6.07, 6.45) is 2.38. The second kappa shape index (κ2) is 7.81. The summed E-state index contributed by atoms with van der Waals surface area (Å²) < 4.78 is 5.17. The summed E-state index contributed by atoms with van der Waals surface area (Å²) in [4.78, 5) is 14.4. The summed E-state index contributed by atoms with van der Waals surface area (Å²) in [5, 5.41) is 6.49. The summed E-state index contributed by atoms with van der Waals surface area (Å²) in [7, 11) is 1.63. The normalized spacial score (nSPS) is 24.2. The molecular weight excluding hydrogens is 302 g/mol. The van der Waals surface area contributed by atoms with Gasteiger partial charge >= 0.3 is 0 Å². The molecule has 22 heavy (non-hydrogen) atoms. The van der Waals surface area contributed by atoms with Crippen LogP contribution in [0.1, 0.15) is 12.8 Å². The Bertz CT molecular complexity index is 512. The highest BCUT2D eigenvalue weighted by Crippen LogP contribution is 2.24. The Morgan fingerprint density at radius 3 is 3.14 bits per heavy atom. The quantitative estimate of drug-likeness (QED) is 0.885. The summed E-state index contributed by atoms with van der Waals surface area (Å²) in [5.74, 6) is 1.52. The number of carbonyl (C=O) groups is 1. The van der Waals surface area contributed by atoms with E-state index in [1.165, 1.54) is 6.42 Å². The third-order valence-corrected chi connectivity index (χ3v) is 4.46. The lowest BCUT2D eigenvalue weighted by Gasteiger charge is -2.34. The molecule has 1 aromatic carbocycles. The van der Waals surface area contributed by atoms with E-state index in [1.807, 2.05) is 24.3 Å². The van der Waals surface area contributed by atoms with Gasteiger partial charge in [0, 0.05) is 30.9 Å². The van der Waals surface area contributed by atoms with Gasteiger partial charge in [0.1, 0.15) is 5.75 Å². The van der Waals surface area contributed by atoms with E-state index in [9.17, 15) is 4.79 Å². The molecule has 2 fully saturated rings. The number of halogens is 1. The molecule has 3 rings (SSSR count). The van der Waals surface area contributed by atoms with E-state index in [4.69, 9.17) is 4.74 Å². The predicted molar refractivity (Wildman–Crippen MR) is 89.8 cm³/mol. The van der Waals surface area contributed by atoms with Crippen molar-refractivity contribution in [3.63, 3.8) is 0 Å². The van der Waals surface area contributed by atoms with Gasteiger partial charge in [-0.15, -0.1) is 12.4 Å². The van der Waals surface area contributed by atoms with Gasteiger partial charge in [-0.1, -0.05) is 6.07 Å². The van der Waals surface area contributed by atoms with E-state index in [1.54, 1.807) is 7.11 Å². The number of anilines is 1. The predicted octanol–water partition coefficient (Wildman–Crippen LogP) is 1.74. The fraction of sp³-hybridized carbons (Fsp3) is 0.562. The molecule has 5 nitrogen and oxygen atoms in total. The monoisotopic (exact) mass is 325 g/mol. The number of methoxy groups -OCH3 is 1. The minimum absolute atomic E-state index is 0. The molecule has 2 aliphatic heterocycles. The van der Waals surface area contributed by atoms with Gasteiger partial charge < -0.3 is 15.4 Å². The Labute approximate surface area is 137 Å². The molecule has 2 N–H and O–H groups in total. The topological polar surface area (TPSA) is 53.6 Å². The van der Waals surface area contributed by atoms with Crippen LogP contribution in [0.4, 0.5) is 5.69 Å². The number of hydrogen-bond acceptors (Lipinski definition) is 4. The molecule has 0 aliphatic carbocycles. The highest BCUT2D eigenvalue weighted by molar-refractivity contribution is 5.92. The maximum absolute atomic E-state index is 12.2. The highest BCUT2D eigenvalue weighted by atomic mass is 35.5. The van der Waals surface area contributed by atoms with E-state index in [0.717, 1.165) is 37.5 Å². The zero-order chi connectivity index (χ0) is 14.7. The standard InChI is InChI=1S/C16H23N3O2.ClH/c1-21-14-4-2-3-13(9-14)18-16(20)11-19-8-6-15-12(10-19)5-7-17-15;/h2-4,9,12,15,17H,5-8,10-11H2,1H3,(H,18,20);1H. The maximum atomic E-state index is 12.2. The number of nitrogens with one attached hydrogen (secondary N) is 2. The molecule has 2 unspecified atom stereocenters. The highest BCUT2D eigenvalue weighted by Gasteiger charge is 2.32. The number of hydrogen-bond donors (Lipinski definition) is 2. The van der Waals surface area contributed by atoms with Crippen LogP contribution in [0.2, 0.25) is 0 Å². The number of fused-ring (bicyclic) bond motifs is 1. The minimum atomic E-state index is 0. The molecular formula is C16H24ClN3O2. The Morgan fingerprint density at radius 2 is 2.32 bits per heavy atom. The summed E-state index contributed by atoms with van der Waals surface area (Å²) >= 11 is 0. The van der Waals surface area contributed by atoms with Gasteiger partial charge in [-0.25, -0.2) is 0 Å². The van der Waals surface area contributed by atoms with Crippen molar-refractivity contribution in [1.29, 1.82) is 0 Å². The zero-order valence-corrected chi connectivity index (χ0v) is 13.7. The molecule has 2 saturated heterocycles. The van der Waals surface area contributed by atoms with Crippen LogP contribution in [0.5, 0.6) is 5.75 Å². The Balaban J connectivity index is 0.00000176. The molecule has 0 bridgehead atoms. The molecule has 0 spiro atoms. The van der Waals surface area contributed by atoms with E-state index < -0.39 is 0 Å². The zero-order valence-electron chi connectivity index (χ0n) is 12.9. The van der Waals surface area contributed by atoms with Crippen LogP contribution >= 0.6 is 12.4 Å². The molecule has 2 atom stereocenters. The minimum Gasteiger partial charge on any atom is -0.497 e. The van der Waals surface area contributed by atoms with Crippen molar-refractivity contribution in [2.75, 3.05) is 38.6 Å². The first-order valence-electron chi connectivity index (χ1n) is 7.64. The fourth-order valence-corrected chi connectivity index (χ4v) is 3.37. The number of piperidine rings is 1. The lowest BCUT2D eigenvalue weighted by molar-refractivity contribution is -0.117. The van der Waals surface area contributed by atoms with E-state index in [0.29, 0.717) is 18.5 Å². The number of nitrogens with zero attached hydrogens (tertiary/aromatic N) is 1. The molecule has 1 aromatic rings. The summed E-state index contributed by atoms with van der Waals surface area (Å²) in [5.41, 5.74) is 0.789. The smallest absolute Gasteiger partial charge is 0.238 e. The van der Waals surface area contributed by atoms with Crippen molar-refractivity contribution in [2.45, 2.75) is 18.9 Å². The average molecular weight is 326 g/mol. The van der Waals surface area contributed by atoms with Crippen LogP contribution in [-0.2, 0) is 4.79 Å². The number of carbonyl (C=O) groups excluding carboxylic acids is 1. The van der Waals surface area contributed by atoms with Gasteiger partial charge in [-0.2, -0.15) is 0 Å². The van der Waals surface area contributed by atoms with Crippen molar-refractivity contribution < 1.29 is 9.53 Å². The summed E-state index contributed by atoms with van der Waals surface area (Å²) in [6.45, 7) is 3.63. The average Bonchev–Trinajstić information content (AvgIpc) is 2.95. The number of benzene rings is 1. The second-order valence-electron chi connectivity index (χ2n) is 5.91. The van der Waals surface area contributed by atoms with Gasteiger partial charge in [0.05, 0.1) is 13.7 Å². The van der Waals surface area contributed by atoms with Crippen molar-refractivity contribution >= 4 is 24.0 Å². The molecule has 6 heteroatoms. The van der Waals surface area contributed by atoms with Gasteiger partial charge in [0.25, 0.3) is 0 Å². The first-order valence-corrected chi connectivity index (χ1v) is 7.64. The molecule has 0 radical (unpaired) electrons. The second-order valence-corrected chi connectivity index (χ2v) is 5.91. The van der Waals surface area contributed by atoms with Gasteiger partial charge in [-0.3, -0.25) is 9.69 Å². The van der Waals surface area contributed by atoms with Crippen LogP contribution in [0, 0.1) is 5.92 Å². The van der Waals surface area contributed by atoms with Crippen LogP contribution < -0.4 is 15.4 Å². The lowest BCUT2D eigenvalue weighted by atomic mass is 9.93. The summed E-state index contributed by atoms with van der Waals surface area (Å²) in [6, 6.07) is 8.14. The first-order chi connectivity index (χ1) is 10.2. The maximum Gasteiger partial charge on any atom is 0.238 e. The van der Waals surface area contributed by atoms with Gasteiger partial charge in [-0.05, 0) is 37.4 Å². The first kappa shape index (κ1) is 17.1. The fourth-order valence-electron chi connectivity index (χ4n) is 3.37. The number of rotatable bonds is 4. The van der Waals surface area contributed by atoms with E-state index >= 15 is 0 Å². The molecule has 0 saturated carbocycles. The van der Waals surface area contributed by atoms with E-state index in [2.05, 4.69) is 15.5 Å². The molecule has 2 heterocycles. The van der Waals surface area contributed by atoms with E-state index in [-0.39, 0.29) is 18.3 Å². The van der Waals surface area contributed by atoms with Crippen LogP contribution in [0.25, 0.3) is 0 Å². The van der Waals surface area contributed by atoms with Crippen molar-refractivity contribution in [2.24, 2.45) is 5.92 Å². The van der Waals surface area contributed by atoms with Crippen LogP contribution in [0.3, 0.4) is 0 Å². The lowest BCUT2D eigenvalue weighted by Crippen LogP contribution is -2.46. The Hall–Kier alpha value is -1.30. The van der Waals surface area contributed by atoms with Gasteiger partial charge in [0.15, 0.2) is 0 Å². The molecule has 1 amide bonds. The third-order valence-electron chi connectivity index (χ3n) is 4.46. The van der Waals surface area contributed by atoms with Crippen molar-refractivity contribution in [3.05, 3.63) is 24.3 Å². The van der Waals surface area contributed by atoms with Crippen molar-refractivity contribution in [1.82, 2.24) is 10.2 Å². The van der Waals surface area contributed by atoms with Gasteiger partial charge in [0.2, 0.25) is 5.91 Å². The number of amides is 1. The molecule has 2 aliphatic rings. The third kappa shape index (κ3) is 4.12. The Kier molecular flexibility index (Phi) is 6.06. The molecule has 122 valence electrons. The van der Waals surface area contributed by atoms with Crippen LogP contribution in [-0.4, -0.2) is 50.1 Å². The van der Waals surface area contributed by atoms with Crippen LogP contribution in [0.15, 0.2) is 24.3 Å². The number of likely N-dealkylation sites (tertiary alicyclic amines) is 1. The molecule has 0 aromatic heterocycles.